The number of amides is 1. The highest BCUT2D eigenvalue weighted by molar-refractivity contribution is 6.04. The summed E-state index contributed by atoms with van der Waals surface area (Å²) in [5.74, 6) is -2.37. The number of hydrogen-bond donors (Lipinski definition) is 2. The monoisotopic (exact) mass is 401 g/mol. The molecule has 0 saturated heterocycles. The third-order valence-corrected chi connectivity index (χ3v) is 4.25. The molecule has 10 nitrogen and oxygen atoms in total. The van der Waals surface area contributed by atoms with Gasteiger partial charge < -0.3 is 20.3 Å². The Hall–Kier alpha value is -3.69. The van der Waals surface area contributed by atoms with Gasteiger partial charge in [-0.05, 0) is 25.0 Å². The second-order valence-electron chi connectivity index (χ2n) is 6.25. The number of hydrogen-bond acceptors (Lipinski definition) is 7. The van der Waals surface area contributed by atoms with E-state index >= 15 is 0 Å². The van der Waals surface area contributed by atoms with Crippen molar-refractivity contribution in [3.05, 3.63) is 50.7 Å². The molecule has 29 heavy (non-hydrogen) atoms. The summed E-state index contributed by atoms with van der Waals surface area (Å²) in [6.07, 6.45) is -0.420. The van der Waals surface area contributed by atoms with Gasteiger partial charge in [0.2, 0.25) is 11.8 Å². The van der Waals surface area contributed by atoms with Crippen LogP contribution in [0, 0.1) is 0 Å². The van der Waals surface area contributed by atoms with Crippen molar-refractivity contribution < 1.29 is 19.8 Å². The zero-order valence-electron chi connectivity index (χ0n) is 16.3. The van der Waals surface area contributed by atoms with Crippen LogP contribution < -0.4 is 21.7 Å². The van der Waals surface area contributed by atoms with E-state index in [1.807, 2.05) is 0 Å². The molecule has 2 rings (SSSR count). The van der Waals surface area contributed by atoms with Crippen LogP contribution in [-0.2, 0) is 23.7 Å². The van der Waals surface area contributed by atoms with Gasteiger partial charge in [-0.2, -0.15) is 0 Å². The van der Waals surface area contributed by atoms with E-state index in [2.05, 4.69) is 10.3 Å². The highest BCUT2D eigenvalue weighted by Crippen LogP contribution is 2.26. The van der Waals surface area contributed by atoms with E-state index in [9.17, 15) is 29.4 Å². The molecule has 0 aliphatic rings. The number of nitrogens with one attached hydrogen (secondary N) is 1. The smallest absolute Gasteiger partial charge is 0.333 e. The van der Waals surface area contributed by atoms with Crippen molar-refractivity contribution in [2.45, 2.75) is 26.2 Å². The fourth-order valence-corrected chi connectivity index (χ4v) is 2.65. The Morgan fingerprint density at radius 1 is 1.14 bits per heavy atom. The lowest BCUT2D eigenvalue weighted by atomic mass is 10.1. The minimum absolute atomic E-state index is 0.116. The van der Waals surface area contributed by atoms with E-state index in [1.54, 1.807) is 31.2 Å². The predicted octanol–water partition coefficient (Wildman–Crippen LogP) is -0.211. The van der Waals surface area contributed by atoms with Gasteiger partial charge >= 0.3 is 5.69 Å². The average Bonchev–Trinajstić information content (AvgIpc) is 2.69. The summed E-state index contributed by atoms with van der Waals surface area (Å²) in [5, 5.41) is 23.4. The summed E-state index contributed by atoms with van der Waals surface area (Å²) in [6.45, 7) is 1.73. The van der Waals surface area contributed by atoms with Gasteiger partial charge in [-0.3, -0.25) is 23.7 Å². The first-order chi connectivity index (χ1) is 13.7. The van der Waals surface area contributed by atoms with Gasteiger partial charge in [0.25, 0.3) is 5.56 Å². The minimum atomic E-state index is -1.33. The molecule has 0 spiro atoms. The molecular formula is C19H21N4O6-. The zero-order chi connectivity index (χ0) is 21.7. The molecule has 2 aromatic rings. The molecule has 0 atom stereocenters. The first-order valence-electron chi connectivity index (χ1n) is 8.83. The van der Waals surface area contributed by atoms with Crippen molar-refractivity contribution in [1.29, 1.82) is 0 Å². The van der Waals surface area contributed by atoms with Crippen molar-refractivity contribution in [1.82, 2.24) is 9.13 Å². The van der Waals surface area contributed by atoms with E-state index < -0.39 is 35.4 Å². The van der Waals surface area contributed by atoms with Crippen LogP contribution in [0.15, 0.2) is 38.8 Å². The maximum absolute atomic E-state index is 12.5. The Labute approximate surface area is 165 Å². The number of carbonyl (C=O) groups is 2. The van der Waals surface area contributed by atoms with Crippen molar-refractivity contribution >= 4 is 29.0 Å². The van der Waals surface area contributed by atoms with Crippen LogP contribution in [0.5, 0.6) is 5.88 Å². The molecule has 2 N–H and O–H groups in total. The van der Waals surface area contributed by atoms with Crippen molar-refractivity contribution in [2.75, 3.05) is 5.32 Å². The molecule has 1 aromatic carbocycles. The van der Waals surface area contributed by atoms with E-state index in [1.165, 1.54) is 14.1 Å². The van der Waals surface area contributed by atoms with E-state index in [0.29, 0.717) is 11.4 Å². The lowest BCUT2D eigenvalue weighted by Crippen LogP contribution is -2.40. The van der Waals surface area contributed by atoms with Gasteiger partial charge in [0.1, 0.15) is 5.56 Å². The van der Waals surface area contributed by atoms with Crippen LogP contribution in [0.4, 0.5) is 11.4 Å². The van der Waals surface area contributed by atoms with Crippen LogP contribution in [0.2, 0.25) is 0 Å². The summed E-state index contributed by atoms with van der Waals surface area (Å²) in [4.78, 5) is 51.4. The molecule has 0 fully saturated rings. The summed E-state index contributed by atoms with van der Waals surface area (Å²) < 4.78 is 1.81. The largest absolute Gasteiger partial charge is 0.550 e. The Kier molecular flexibility index (Phi) is 6.71. The number of anilines is 1. The maximum Gasteiger partial charge on any atom is 0.333 e. The van der Waals surface area contributed by atoms with E-state index in [4.69, 9.17) is 0 Å². The molecule has 0 aliphatic carbocycles. The van der Waals surface area contributed by atoms with Gasteiger partial charge in [-0.15, -0.1) is 0 Å². The van der Waals surface area contributed by atoms with Crippen LogP contribution in [0.1, 0.15) is 31.7 Å². The second kappa shape index (κ2) is 9.00. The van der Waals surface area contributed by atoms with Crippen LogP contribution in [0.3, 0.4) is 0 Å². The zero-order valence-corrected chi connectivity index (χ0v) is 16.3. The Morgan fingerprint density at radius 2 is 1.79 bits per heavy atom. The standard InChI is InChI=1S/C19H22N4O6/c1-4-11(16-17(27)22(2)19(29)23(3)18(16)28)20-12-7-5-6-8-13(12)21-14(24)9-10-15(25)26/h5-8,27H,4,9-10H2,1-3H3,(H,21,24)(H,25,26)/p-1. The van der Waals surface area contributed by atoms with Crippen LogP contribution in [-0.4, -0.2) is 31.8 Å². The summed E-state index contributed by atoms with van der Waals surface area (Å²) in [6, 6.07) is 6.48. The molecule has 0 saturated carbocycles. The molecule has 1 aromatic heterocycles. The number of aromatic nitrogens is 2. The number of para-hydroxylation sites is 2. The van der Waals surface area contributed by atoms with Crippen molar-refractivity contribution in [2.24, 2.45) is 19.1 Å². The Balaban J connectivity index is 2.51. The second-order valence-corrected chi connectivity index (χ2v) is 6.25. The van der Waals surface area contributed by atoms with Gasteiger partial charge in [-0.1, -0.05) is 19.1 Å². The molecule has 1 amide bonds. The first kappa shape index (κ1) is 21.6. The maximum atomic E-state index is 12.5. The summed E-state index contributed by atoms with van der Waals surface area (Å²) >= 11 is 0. The number of carboxylic acid groups (broad SMARTS) is 1. The number of aliphatic imine (C=N–C) groups is 1. The highest BCUT2D eigenvalue weighted by atomic mass is 16.4. The molecule has 0 radical (unpaired) electrons. The van der Waals surface area contributed by atoms with Gasteiger partial charge in [0.05, 0.1) is 17.1 Å². The molecule has 0 unspecified atom stereocenters. The van der Waals surface area contributed by atoms with Gasteiger partial charge in [0.15, 0.2) is 0 Å². The number of aliphatic carboxylic acids is 1. The lowest BCUT2D eigenvalue weighted by Gasteiger charge is -2.13. The predicted molar refractivity (Wildman–Crippen MR) is 104 cm³/mol. The SMILES string of the molecule is CCC(=Nc1ccccc1NC(=O)CCC(=O)[O-])c1c(O)n(C)c(=O)n(C)c1=O. The van der Waals surface area contributed by atoms with Crippen molar-refractivity contribution in [3.63, 3.8) is 0 Å². The molecule has 10 heteroatoms. The van der Waals surface area contributed by atoms with E-state index in [0.717, 1.165) is 9.13 Å². The quantitative estimate of drug-likeness (QED) is 0.614. The van der Waals surface area contributed by atoms with Crippen LogP contribution in [0.25, 0.3) is 0 Å². The van der Waals surface area contributed by atoms with Crippen LogP contribution >= 0.6 is 0 Å². The summed E-state index contributed by atoms with van der Waals surface area (Å²) in [5.41, 5.74) is -0.649. The number of nitrogens with zero attached hydrogens (tertiary/aromatic N) is 3. The lowest BCUT2D eigenvalue weighted by molar-refractivity contribution is -0.305. The fraction of sp³-hybridized carbons (Fsp3) is 0.316. The first-order valence-corrected chi connectivity index (χ1v) is 8.83. The average molecular weight is 401 g/mol. The minimum Gasteiger partial charge on any atom is -0.550 e. The third-order valence-electron chi connectivity index (χ3n) is 4.25. The normalized spacial score (nSPS) is 11.3. The topological polar surface area (TPSA) is 146 Å². The number of aromatic hydroxyl groups is 1. The molecule has 0 bridgehead atoms. The Bertz CT molecular complexity index is 1100. The van der Waals surface area contributed by atoms with Crippen molar-refractivity contribution in [3.8, 4) is 5.88 Å². The number of benzene rings is 1. The highest BCUT2D eigenvalue weighted by Gasteiger charge is 2.19. The molecular weight excluding hydrogens is 380 g/mol. The molecule has 1 heterocycles. The molecule has 154 valence electrons. The third kappa shape index (κ3) is 4.78. The number of carboxylic acids is 1. The van der Waals surface area contributed by atoms with E-state index in [-0.39, 0.29) is 24.1 Å². The van der Waals surface area contributed by atoms with Gasteiger partial charge in [-0.25, -0.2) is 4.79 Å². The van der Waals surface area contributed by atoms with Gasteiger partial charge in [0, 0.05) is 26.5 Å². The Morgan fingerprint density at radius 3 is 2.41 bits per heavy atom. The summed E-state index contributed by atoms with van der Waals surface area (Å²) in [7, 11) is 2.63. The number of rotatable bonds is 7. The molecule has 0 aliphatic heterocycles. The fourth-order valence-electron chi connectivity index (χ4n) is 2.65. The number of carbonyl (C=O) groups excluding carboxylic acids is 2.